The molecule has 604 valence electrons. The Morgan fingerprint density at radius 1 is 0.547 bits per heavy atom. The Hall–Kier alpha value is -12.0. The number of hydrogen-bond donors (Lipinski definition) is 7. The summed E-state index contributed by atoms with van der Waals surface area (Å²) < 4.78 is 69.0. The van der Waals surface area contributed by atoms with Crippen LogP contribution in [0.3, 0.4) is 0 Å². The molecule has 2 atom stereocenters. The van der Waals surface area contributed by atoms with Gasteiger partial charge in [-0.1, -0.05) is 101 Å². The molecule has 6 heterocycles. The first-order valence-electron chi connectivity index (χ1n) is 36.3. The lowest BCUT2D eigenvalue weighted by atomic mass is 9.91. The number of anilines is 4. The lowest BCUT2D eigenvalue weighted by Gasteiger charge is -2.27. The lowest BCUT2D eigenvalue weighted by Crippen LogP contribution is -2.52. The smallest absolute Gasteiger partial charge is 0.475 e. The highest BCUT2D eigenvalue weighted by Crippen LogP contribution is 2.51. The highest BCUT2D eigenvalue weighted by atomic mass is 35.5. The third kappa shape index (κ3) is 16.5. The van der Waals surface area contributed by atoms with Crippen molar-refractivity contribution >= 4 is 117 Å². The minimum absolute atomic E-state index is 0.0122. The van der Waals surface area contributed by atoms with Gasteiger partial charge in [-0.05, 0) is 182 Å². The Kier molecular flexibility index (Phi) is 21.9. The zero-order valence-corrected chi connectivity index (χ0v) is 66.0. The molecule has 6 aliphatic rings. The Labute approximate surface area is 684 Å². The van der Waals surface area contributed by atoms with E-state index in [-0.39, 0.29) is 80.1 Å². The van der Waals surface area contributed by atoms with E-state index in [1.54, 1.807) is 94.4 Å². The van der Waals surface area contributed by atoms with Crippen LogP contribution < -0.4 is 42.1 Å². The predicted molar refractivity (Wildman–Crippen MR) is 413 cm³/mol. The molecule has 4 saturated carbocycles. The standard InChI is InChI=1S/C43H38Cl2FN9O5.C35H32Cl2FN9O3.C2HF3O2/c1-40(2,51-39(59)60-24-27-7-5-4-6-8-27)32-13-14-33(53-52-32)42(15-16-42)50-36(57)43(17-18-43)49-35(56)31-23-48-38-54(28-19-29(44)34(46)30(45)20-28)37(58)41(3,55(31)38)21-25-9-11-26(22-47)12-10-25;1-32(2,40)25-8-9-26(45-44-25)34(10-11-34)43-29(49)35(12-13-35)42-28(48)24-18-41-31-46(21-14-22(36)27(38)23(37)15-21)30(50)33(3,47(24)31)16-19-4-6-20(17-39)7-5-19;3-2(4,5)1(6)7/h4-14,19-20,23H,15-18,21,24H2,1-3H3,(H,49,56)(H,50,57)(H,51,59);4-9,14-15,18H,10-13,16,40H2,1-3H3,(H,42,48)(H,43,49);(H,6,7)/t41-;33-;/m11./s1. The average molecular weight is 1680 g/mol. The van der Waals surface area contributed by atoms with Crippen LogP contribution in [0.15, 0.2) is 140 Å². The molecule has 15 rings (SSSR count). The Morgan fingerprint density at radius 2 is 0.923 bits per heavy atom. The second kappa shape index (κ2) is 30.9. The van der Waals surface area contributed by atoms with Crippen molar-refractivity contribution in [1.82, 2.24) is 66.1 Å². The first-order chi connectivity index (χ1) is 55.1. The first-order valence-corrected chi connectivity index (χ1v) is 37.8. The number of aromatic nitrogens is 8. The zero-order chi connectivity index (χ0) is 84.5. The molecule has 4 aromatic heterocycles. The van der Waals surface area contributed by atoms with E-state index >= 15 is 0 Å². The van der Waals surface area contributed by atoms with E-state index in [0.29, 0.717) is 96.4 Å². The van der Waals surface area contributed by atoms with Gasteiger partial charge in [0, 0.05) is 12.8 Å². The monoisotopic (exact) mass is 1680 g/mol. The van der Waals surface area contributed by atoms with Crippen LogP contribution in [0, 0.1) is 34.3 Å². The largest absolute Gasteiger partial charge is 0.490 e. The van der Waals surface area contributed by atoms with E-state index < -0.39 is 104 Å². The third-order valence-corrected chi connectivity index (χ3v) is 22.2. The normalized spacial score (nSPS) is 18.5. The van der Waals surface area contributed by atoms with Gasteiger partial charge in [-0.3, -0.25) is 37.9 Å². The molecule has 9 aromatic rings. The number of nitriles is 2. The Morgan fingerprint density at radius 3 is 1.25 bits per heavy atom. The van der Waals surface area contributed by atoms with Gasteiger partial charge in [0.2, 0.25) is 23.7 Å². The number of ether oxygens (including phenoxy) is 1. The van der Waals surface area contributed by atoms with Gasteiger partial charge in [0.15, 0.2) is 11.6 Å². The van der Waals surface area contributed by atoms with Crippen LogP contribution in [-0.4, -0.2) is 109 Å². The number of hydrogen-bond acceptors (Lipinski definition) is 18. The van der Waals surface area contributed by atoms with Gasteiger partial charge in [-0.15, -0.1) is 0 Å². The van der Waals surface area contributed by atoms with Crippen molar-refractivity contribution in [2.45, 2.75) is 163 Å². The van der Waals surface area contributed by atoms with E-state index in [9.17, 15) is 66.0 Å². The molecule has 8 N–H and O–H groups in total. The highest BCUT2D eigenvalue weighted by Gasteiger charge is 2.60. The number of fused-ring (bicyclic) bond motifs is 2. The maximum Gasteiger partial charge on any atom is 0.490 e. The molecule has 5 aromatic carbocycles. The molecule has 0 bridgehead atoms. The molecule has 0 saturated heterocycles. The summed E-state index contributed by atoms with van der Waals surface area (Å²) in [5.41, 5.74) is 3.55. The molecular weight excluding hydrogens is 1610 g/mol. The number of halogens is 9. The molecule has 7 amide bonds. The van der Waals surface area contributed by atoms with Crippen molar-refractivity contribution in [2.75, 3.05) is 9.80 Å². The molecule has 4 fully saturated rings. The van der Waals surface area contributed by atoms with Gasteiger partial charge in [0.05, 0.1) is 112 Å². The summed E-state index contributed by atoms with van der Waals surface area (Å²) in [7, 11) is 0. The Balaban J connectivity index is 0.000000190. The summed E-state index contributed by atoms with van der Waals surface area (Å²) in [6, 6.07) is 39.1. The van der Waals surface area contributed by atoms with Crippen LogP contribution in [0.1, 0.15) is 164 Å². The maximum atomic E-state index is 14.5. The van der Waals surface area contributed by atoms with Gasteiger partial charge in [0.25, 0.3) is 23.6 Å². The summed E-state index contributed by atoms with van der Waals surface area (Å²) in [6.07, 6.45) is 1.25. The number of imidazole rings is 2. The molecule has 117 heavy (non-hydrogen) atoms. The van der Waals surface area contributed by atoms with Gasteiger partial charge in [-0.25, -0.2) is 38.1 Å². The molecule has 37 heteroatoms. The van der Waals surface area contributed by atoms with Gasteiger partial charge < -0.3 is 42.2 Å². The number of rotatable bonds is 21. The summed E-state index contributed by atoms with van der Waals surface area (Å²) >= 11 is 24.5. The van der Waals surface area contributed by atoms with E-state index in [0.717, 1.165) is 5.56 Å². The van der Waals surface area contributed by atoms with Crippen LogP contribution in [0.25, 0.3) is 0 Å². The fourth-order valence-electron chi connectivity index (χ4n) is 13.8. The van der Waals surface area contributed by atoms with Crippen molar-refractivity contribution in [3.05, 3.63) is 233 Å². The summed E-state index contributed by atoms with van der Waals surface area (Å²) in [6.45, 7) is 10.7. The van der Waals surface area contributed by atoms with Crippen LogP contribution in [0.4, 0.5) is 50.0 Å². The number of amides is 7. The van der Waals surface area contributed by atoms with Crippen molar-refractivity contribution in [3.8, 4) is 12.1 Å². The van der Waals surface area contributed by atoms with Crippen LogP contribution >= 0.6 is 46.4 Å². The zero-order valence-electron chi connectivity index (χ0n) is 63.0. The van der Waals surface area contributed by atoms with Crippen molar-refractivity contribution < 1.29 is 70.2 Å². The van der Waals surface area contributed by atoms with E-state index in [1.807, 2.05) is 50.2 Å². The predicted octanol–water partition coefficient (Wildman–Crippen LogP) is 12.4. The summed E-state index contributed by atoms with van der Waals surface area (Å²) in [4.78, 5) is 118. The number of nitrogens with two attached hydrogens (primary N) is 1. The van der Waals surface area contributed by atoms with Crippen LogP contribution in [0.5, 0.6) is 0 Å². The number of alkyl halides is 3. The first kappa shape index (κ1) is 83.0. The fourth-order valence-corrected chi connectivity index (χ4v) is 14.8. The topological polar surface area (TPSA) is 393 Å². The molecule has 2 aliphatic heterocycles. The van der Waals surface area contributed by atoms with E-state index in [4.69, 9.17) is 66.8 Å². The molecular formula is C80H71Cl4F5N18O10. The minimum Gasteiger partial charge on any atom is -0.475 e. The quantitative estimate of drug-likeness (QED) is 0.0259. The Bertz CT molecular complexity index is 5560. The third-order valence-electron chi connectivity index (χ3n) is 21.1. The van der Waals surface area contributed by atoms with Crippen molar-refractivity contribution in [3.63, 3.8) is 0 Å². The number of benzene rings is 5. The second-order valence-corrected chi connectivity index (χ2v) is 32.5. The van der Waals surface area contributed by atoms with Crippen molar-refractivity contribution in [1.29, 1.82) is 10.5 Å². The fraction of sp³-hybridized carbons (Fsp3) is 0.325. The van der Waals surface area contributed by atoms with Crippen LogP contribution in [0.2, 0.25) is 20.1 Å². The molecule has 0 unspecified atom stereocenters. The highest BCUT2D eigenvalue weighted by molar-refractivity contribution is 6.36. The minimum atomic E-state index is -5.08. The maximum absolute atomic E-state index is 14.5. The number of carboxylic acids is 1. The number of nitrogens with zero attached hydrogens (tertiary/aromatic N) is 12. The van der Waals surface area contributed by atoms with Gasteiger partial charge >= 0.3 is 18.2 Å². The number of carboxylic acid groups (broad SMARTS) is 1. The number of carbonyl (C=O) groups excluding carboxylic acids is 7. The number of aliphatic carboxylic acids is 1. The van der Waals surface area contributed by atoms with Gasteiger partial charge in [0.1, 0.15) is 40.2 Å². The van der Waals surface area contributed by atoms with Crippen molar-refractivity contribution in [2.24, 2.45) is 5.73 Å². The SMILES string of the molecule is CC(C)(N)c1ccc(C2(NC(=O)C3(NC(=O)c4cnc5n4[C@](C)(Cc4ccc(C#N)cc4)C(=O)N5c4cc(Cl)c(F)c(Cl)c4)CC3)CC2)nn1.CC(C)(NC(=O)OCc1ccccc1)c1ccc(C2(NC(=O)C3(NC(=O)c4cnc5n4[C@](C)(Cc4ccc(C#N)cc4)C(=O)N5c4cc(Cl)c(F)c(Cl)c4)CC3)CC2)nn1.O=C(O)C(F)(F)F. The average Bonchev–Trinajstić information content (AvgIpc) is 1.54. The number of alkyl carbamates (subject to hydrolysis) is 1. The number of carbonyl (C=O) groups is 8. The molecule has 4 aliphatic carbocycles. The molecule has 0 spiro atoms. The number of nitrogens with one attached hydrogen (secondary N) is 5. The molecule has 0 radical (unpaired) electrons. The molecule has 28 nitrogen and oxygen atoms in total. The summed E-state index contributed by atoms with van der Waals surface area (Å²) in [5, 5.41) is 56.9. The van der Waals surface area contributed by atoms with Gasteiger partial charge in [-0.2, -0.15) is 44.1 Å². The lowest BCUT2D eigenvalue weighted by molar-refractivity contribution is -0.192. The van der Waals surface area contributed by atoms with E-state index in [1.165, 1.54) is 55.6 Å². The van der Waals surface area contributed by atoms with Crippen LogP contribution in [-0.2, 0) is 81.4 Å². The summed E-state index contributed by atoms with van der Waals surface area (Å²) in [5.74, 6) is -7.24. The second-order valence-electron chi connectivity index (χ2n) is 30.9. The van der Waals surface area contributed by atoms with E-state index in [2.05, 4.69) is 69.1 Å².